The van der Waals surface area contributed by atoms with Gasteiger partial charge in [0.1, 0.15) is 4.21 Å². The third-order valence-corrected chi connectivity index (χ3v) is 7.91. The van der Waals surface area contributed by atoms with Crippen LogP contribution < -0.4 is 5.73 Å². The lowest BCUT2D eigenvalue weighted by molar-refractivity contribution is -0.135. The zero-order chi connectivity index (χ0) is 16.6. The van der Waals surface area contributed by atoms with Gasteiger partial charge in [-0.15, -0.1) is 23.7 Å². The summed E-state index contributed by atoms with van der Waals surface area (Å²) < 4.78 is 27.3. The molecule has 6 nitrogen and oxygen atoms in total. The van der Waals surface area contributed by atoms with Crippen LogP contribution in [0.4, 0.5) is 0 Å². The molecule has 2 aliphatic heterocycles. The average Bonchev–Trinajstić information content (AvgIpc) is 3.15. The number of sulfonamides is 1. The van der Waals surface area contributed by atoms with Crippen LogP contribution in [0.2, 0.25) is 0 Å². The van der Waals surface area contributed by atoms with Crippen molar-refractivity contribution < 1.29 is 13.2 Å². The first kappa shape index (κ1) is 19.7. The Morgan fingerprint density at radius 3 is 2.58 bits per heavy atom. The Kier molecular flexibility index (Phi) is 6.30. The fraction of sp³-hybridized carbons (Fsp3) is 0.667. The van der Waals surface area contributed by atoms with E-state index in [0.717, 1.165) is 24.1 Å². The molecule has 2 atom stereocenters. The minimum Gasteiger partial charge on any atom is -0.341 e. The second-order valence-electron chi connectivity index (χ2n) is 6.40. The predicted molar refractivity (Wildman–Crippen MR) is 97.0 cm³/mol. The summed E-state index contributed by atoms with van der Waals surface area (Å²) in [6.07, 6.45) is 2.30. The van der Waals surface area contributed by atoms with Gasteiger partial charge < -0.3 is 10.6 Å². The Bertz CT molecular complexity index is 692. The van der Waals surface area contributed by atoms with Crippen molar-refractivity contribution in [2.75, 3.05) is 26.2 Å². The molecule has 9 heteroatoms. The Balaban J connectivity index is 0.00000208. The lowest BCUT2D eigenvalue weighted by atomic mass is 9.98. The zero-order valence-corrected chi connectivity index (χ0v) is 16.1. The standard InChI is InChI=1S/C15H23N3O3S2.ClH/c1-11-4-5-14(22-11)23(20,21)18-7-2-3-12(9-18)15(19)17-8-6-13(16)10-17;/h4-5,12-13H,2-3,6-10,16H2,1H3;1H/t12?,13-;/m1./s1. The van der Waals surface area contributed by atoms with E-state index in [4.69, 9.17) is 5.73 Å². The molecular formula is C15H24ClN3O3S2. The van der Waals surface area contributed by atoms with E-state index in [9.17, 15) is 13.2 Å². The molecule has 1 aromatic rings. The van der Waals surface area contributed by atoms with Gasteiger partial charge >= 0.3 is 0 Å². The molecule has 0 bridgehead atoms. The largest absolute Gasteiger partial charge is 0.341 e. The SMILES string of the molecule is Cc1ccc(S(=O)(=O)N2CCCC(C(=O)N3CC[C@@H](N)C3)C2)s1.Cl. The maximum absolute atomic E-state index is 12.7. The van der Waals surface area contributed by atoms with Crippen molar-refractivity contribution in [2.45, 2.75) is 36.4 Å². The van der Waals surface area contributed by atoms with E-state index < -0.39 is 10.0 Å². The summed E-state index contributed by atoms with van der Waals surface area (Å²) in [5.74, 6) is -0.190. The molecule has 24 heavy (non-hydrogen) atoms. The molecule has 0 aromatic carbocycles. The van der Waals surface area contributed by atoms with Crippen molar-refractivity contribution in [2.24, 2.45) is 11.7 Å². The third-order valence-electron chi connectivity index (χ3n) is 4.58. The molecule has 3 heterocycles. The summed E-state index contributed by atoms with van der Waals surface area (Å²) in [4.78, 5) is 15.4. The smallest absolute Gasteiger partial charge is 0.252 e. The van der Waals surface area contributed by atoms with Crippen molar-refractivity contribution in [3.05, 3.63) is 17.0 Å². The van der Waals surface area contributed by atoms with Gasteiger partial charge in [-0.2, -0.15) is 4.31 Å². The highest BCUT2D eigenvalue weighted by molar-refractivity contribution is 7.91. The molecule has 2 aliphatic rings. The topological polar surface area (TPSA) is 83.7 Å². The van der Waals surface area contributed by atoms with Gasteiger partial charge in [0.15, 0.2) is 0 Å². The third kappa shape index (κ3) is 3.94. The number of carbonyl (C=O) groups excluding carboxylic acids is 1. The van der Waals surface area contributed by atoms with Crippen LogP contribution in [0, 0.1) is 12.8 Å². The van der Waals surface area contributed by atoms with E-state index in [-0.39, 0.29) is 36.8 Å². The number of hydrogen-bond donors (Lipinski definition) is 1. The van der Waals surface area contributed by atoms with Gasteiger partial charge in [0, 0.05) is 37.1 Å². The molecule has 1 unspecified atom stereocenters. The van der Waals surface area contributed by atoms with E-state index >= 15 is 0 Å². The van der Waals surface area contributed by atoms with Crippen LogP contribution in [-0.2, 0) is 14.8 Å². The predicted octanol–water partition coefficient (Wildman–Crippen LogP) is 1.44. The number of piperidine rings is 1. The van der Waals surface area contributed by atoms with Crippen molar-refractivity contribution in [1.82, 2.24) is 9.21 Å². The minimum atomic E-state index is -3.49. The molecule has 2 saturated heterocycles. The number of thiophene rings is 1. The minimum absolute atomic E-state index is 0. The number of hydrogen-bond acceptors (Lipinski definition) is 5. The zero-order valence-electron chi connectivity index (χ0n) is 13.7. The van der Waals surface area contributed by atoms with E-state index in [2.05, 4.69) is 0 Å². The van der Waals surface area contributed by atoms with Crippen molar-refractivity contribution >= 4 is 39.7 Å². The number of rotatable bonds is 3. The van der Waals surface area contributed by atoms with E-state index in [0.29, 0.717) is 23.8 Å². The summed E-state index contributed by atoms with van der Waals surface area (Å²) in [6, 6.07) is 3.52. The summed E-state index contributed by atoms with van der Waals surface area (Å²) in [7, 11) is -3.49. The van der Waals surface area contributed by atoms with Crippen molar-refractivity contribution in [3.8, 4) is 0 Å². The molecule has 136 valence electrons. The number of halogens is 1. The van der Waals surface area contributed by atoms with Gasteiger partial charge in [0.25, 0.3) is 10.0 Å². The molecule has 0 saturated carbocycles. The molecule has 1 aromatic heterocycles. The van der Waals surface area contributed by atoms with Gasteiger partial charge in [-0.1, -0.05) is 0 Å². The first-order valence-corrected chi connectivity index (χ1v) is 10.2. The number of nitrogens with zero attached hydrogens (tertiary/aromatic N) is 2. The van der Waals surface area contributed by atoms with Crippen molar-refractivity contribution in [1.29, 1.82) is 0 Å². The second-order valence-corrected chi connectivity index (χ2v) is 9.85. The Labute approximate surface area is 153 Å². The Morgan fingerprint density at radius 2 is 2.00 bits per heavy atom. The molecule has 0 spiro atoms. The summed E-state index contributed by atoms with van der Waals surface area (Å²) in [5.41, 5.74) is 5.87. The molecular weight excluding hydrogens is 370 g/mol. The van der Waals surface area contributed by atoms with Gasteiger partial charge in [-0.25, -0.2) is 8.42 Å². The van der Waals surface area contributed by atoms with Crippen LogP contribution in [-0.4, -0.2) is 55.8 Å². The van der Waals surface area contributed by atoms with Crippen LogP contribution in [0.5, 0.6) is 0 Å². The highest BCUT2D eigenvalue weighted by atomic mass is 35.5. The molecule has 2 fully saturated rings. The summed E-state index contributed by atoms with van der Waals surface area (Å²) in [6.45, 7) is 3.94. The average molecular weight is 394 g/mol. The van der Waals surface area contributed by atoms with Crippen molar-refractivity contribution in [3.63, 3.8) is 0 Å². The maximum atomic E-state index is 12.7. The lowest BCUT2D eigenvalue weighted by Crippen LogP contribution is -2.46. The monoisotopic (exact) mass is 393 g/mol. The summed E-state index contributed by atoms with van der Waals surface area (Å²) >= 11 is 1.28. The first-order chi connectivity index (χ1) is 10.9. The summed E-state index contributed by atoms with van der Waals surface area (Å²) in [5, 5.41) is 0. The molecule has 1 amide bonds. The van der Waals surface area contributed by atoms with Crippen LogP contribution in [0.3, 0.4) is 0 Å². The number of amides is 1. The molecule has 3 rings (SSSR count). The quantitative estimate of drug-likeness (QED) is 0.842. The van der Waals surface area contributed by atoms with Crippen LogP contribution >= 0.6 is 23.7 Å². The fourth-order valence-electron chi connectivity index (χ4n) is 3.29. The van der Waals surface area contributed by atoms with E-state index in [1.165, 1.54) is 15.6 Å². The first-order valence-electron chi connectivity index (χ1n) is 7.99. The highest BCUT2D eigenvalue weighted by Gasteiger charge is 2.36. The number of likely N-dealkylation sites (tertiary alicyclic amines) is 1. The number of aryl methyl sites for hydroxylation is 1. The maximum Gasteiger partial charge on any atom is 0.252 e. The number of nitrogens with two attached hydrogens (primary N) is 1. The molecule has 0 radical (unpaired) electrons. The Morgan fingerprint density at radius 1 is 1.25 bits per heavy atom. The van der Waals surface area contributed by atoms with Crippen LogP contribution in [0.15, 0.2) is 16.3 Å². The normalized spacial score (nSPS) is 25.5. The van der Waals surface area contributed by atoms with Gasteiger partial charge in [0.05, 0.1) is 5.92 Å². The Hall–Kier alpha value is -0.670. The number of carbonyl (C=O) groups is 1. The van der Waals surface area contributed by atoms with E-state index in [1.807, 2.05) is 13.0 Å². The molecule has 2 N–H and O–H groups in total. The van der Waals surface area contributed by atoms with Crippen LogP contribution in [0.25, 0.3) is 0 Å². The lowest BCUT2D eigenvalue weighted by Gasteiger charge is -2.32. The fourth-order valence-corrected chi connectivity index (χ4v) is 6.25. The van der Waals surface area contributed by atoms with Crippen LogP contribution in [0.1, 0.15) is 24.1 Å². The van der Waals surface area contributed by atoms with Gasteiger partial charge in [-0.3, -0.25) is 4.79 Å². The highest BCUT2D eigenvalue weighted by Crippen LogP contribution is 2.29. The molecule has 0 aliphatic carbocycles. The second kappa shape index (κ2) is 7.70. The van der Waals surface area contributed by atoms with E-state index in [1.54, 1.807) is 11.0 Å². The van der Waals surface area contributed by atoms with Gasteiger partial charge in [-0.05, 0) is 38.3 Å². The van der Waals surface area contributed by atoms with Gasteiger partial charge in [0.2, 0.25) is 5.91 Å².